The van der Waals surface area contributed by atoms with Gasteiger partial charge in [0.15, 0.2) is 5.69 Å². The van der Waals surface area contributed by atoms with Gasteiger partial charge < -0.3 is 25.0 Å². The molecule has 11 nitrogen and oxygen atoms in total. The first kappa shape index (κ1) is 35.8. The molecule has 2 aromatic carbocycles. The predicted molar refractivity (Wildman–Crippen MR) is 200 cm³/mol. The lowest BCUT2D eigenvalue weighted by Crippen LogP contribution is -2.43. The van der Waals surface area contributed by atoms with E-state index in [9.17, 15) is 14.3 Å². The lowest BCUT2D eigenvalue weighted by molar-refractivity contribution is 0.0937. The van der Waals surface area contributed by atoms with E-state index >= 15 is 4.39 Å². The van der Waals surface area contributed by atoms with Crippen LogP contribution >= 0.6 is 11.6 Å². The molecule has 2 atom stereocenters. The summed E-state index contributed by atoms with van der Waals surface area (Å²) in [6, 6.07) is 6.72. The normalized spacial score (nSPS) is 21.8. The predicted octanol–water partition coefficient (Wildman–Crippen LogP) is 6.34. The van der Waals surface area contributed by atoms with Crippen LogP contribution in [0.2, 0.25) is 5.02 Å². The van der Waals surface area contributed by atoms with E-state index in [1.807, 2.05) is 25.5 Å². The number of phenolic OH excluding ortho intramolecular Hbond substituents is 1. The third kappa shape index (κ3) is 6.64. The summed E-state index contributed by atoms with van der Waals surface area (Å²) < 4.78 is 38.2. The zero-order chi connectivity index (χ0) is 37.0. The molecule has 4 aromatic rings. The topological polar surface area (TPSA) is 112 Å². The number of rotatable bonds is 8. The van der Waals surface area contributed by atoms with Crippen molar-refractivity contribution in [1.82, 2.24) is 30.0 Å². The molecule has 8 rings (SSSR count). The molecule has 2 aromatic heterocycles. The van der Waals surface area contributed by atoms with Gasteiger partial charge in [0.2, 0.25) is 0 Å². The Morgan fingerprint density at radius 1 is 1.11 bits per heavy atom. The van der Waals surface area contributed by atoms with E-state index in [1.54, 1.807) is 18.2 Å². The zero-order valence-corrected chi connectivity index (χ0v) is 31.4. The van der Waals surface area contributed by atoms with Crippen LogP contribution in [0.15, 0.2) is 24.3 Å². The molecular formula is C39H47ClF2N8O3. The van der Waals surface area contributed by atoms with Crippen LogP contribution in [0.3, 0.4) is 0 Å². The van der Waals surface area contributed by atoms with E-state index in [1.165, 1.54) is 6.07 Å². The molecular weight excluding hydrogens is 702 g/mol. The summed E-state index contributed by atoms with van der Waals surface area (Å²) in [6.45, 7) is 9.99. The number of nitrogens with zero attached hydrogens (tertiary/aromatic N) is 7. The molecule has 1 amide bonds. The molecule has 0 aliphatic carbocycles. The second-order valence-electron chi connectivity index (χ2n) is 15.3. The van der Waals surface area contributed by atoms with Crippen molar-refractivity contribution in [3.05, 3.63) is 63.3 Å². The maximum atomic E-state index is 15.2. The van der Waals surface area contributed by atoms with Gasteiger partial charge >= 0.3 is 6.01 Å². The number of benzene rings is 2. The van der Waals surface area contributed by atoms with Crippen LogP contribution in [0, 0.1) is 5.82 Å². The largest absolute Gasteiger partial charge is 0.508 e. The number of anilines is 2. The smallest absolute Gasteiger partial charge is 0.318 e. The molecule has 282 valence electrons. The number of fused-ring (bicyclic) bond motifs is 4. The fourth-order valence-corrected chi connectivity index (χ4v) is 9.21. The summed E-state index contributed by atoms with van der Waals surface area (Å²) in [5, 5.41) is 20.2. The Hall–Kier alpha value is -4.23. The van der Waals surface area contributed by atoms with Crippen LogP contribution in [0.1, 0.15) is 85.9 Å². The number of hydrogen-bond donors (Lipinski definition) is 2. The minimum absolute atomic E-state index is 0.0637. The van der Waals surface area contributed by atoms with E-state index in [0.29, 0.717) is 75.7 Å². The zero-order valence-electron chi connectivity index (χ0n) is 30.6. The maximum Gasteiger partial charge on any atom is 0.318 e. The number of aryl methyl sites for hydroxylation is 2. The van der Waals surface area contributed by atoms with Crippen molar-refractivity contribution in [1.29, 1.82) is 0 Å². The molecule has 0 saturated carbocycles. The third-order valence-electron chi connectivity index (χ3n) is 11.4. The summed E-state index contributed by atoms with van der Waals surface area (Å²) in [5.74, 6) is 0.268. The van der Waals surface area contributed by atoms with Crippen molar-refractivity contribution in [2.75, 3.05) is 42.6 Å². The molecule has 2 N–H and O–H groups in total. The summed E-state index contributed by atoms with van der Waals surface area (Å²) in [4.78, 5) is 29.7. The van der Waals surface area contributed by atoms with Gasteiger partial charge in [-0.3, -0.25) is 14.4 Å². The van der Waals surface area contributed by atoms with Gasteiger partial charge in [0.25, 0.3) is 5.91 Å². The number of nitrogens with one attached hydrogen (secondary N) is 1. The minimum atomic E-state index is -0.884. The highest BCUT2D eigenvalue weighted by atomic mass is 35.5. The fourth-order valence-electron chi connectivity index (χ4n) is 8.93. The van der Waals surface area contributed by atoms with Crippen molar-refractivity contribution in [2.45, 2.75) is 103 Å². The van der Waals surface area contributed by atoms with Gasteiger partial charge in [-0.05, 0) is 82.0 Å². The Balaban J connectivity index is 1.18. The first-order chi connectivity index (χ1) is 25.5. The molecule has 53 heavy (non-hydrogen) atoms. The van der Waals surface area contributed by atoms with Gasteiger partial charge in [0.05, 0.1) is 35.0 Å². The van der Waals surface area contributed by atoms with E-state index < -0.39 is 6.17 Å². The first-order valence-electron chi connectivity index (χ1n) is 19.0. The molecule has 0 bridgehead atoms. The lowest BCUT2D eigenvalue weighted by atomic mass is 9.95. The SMILES string of the molecule is CCc1c(F)ccc2cc(O)cc(N3CCc4c(nc(OC[C@@]56CCCN5C[C@H](F)C6)nc4N4CCCCn5nc(C(=O)NC(C)C)c(Cl)c5C4)C3)c12. The average Bonchev–Trinajstić information content (AvgIpc) is 3.75. The summed E-state index contributed by atoms with van der Waals surface area (Å²) >= 11 is 6.92. The molecule has 0 radical (unpaired) electrons. The Labute approximate surface area is 313 Å². The number of phenols is 1. The number of carbonyl (C=O) groups is 1. The highest BCUT2D eigenvalue weighted by molar-refractivity contribution is 6.34. The number of carbonyl (C=O) groups excluding carboxylic acids is 1. The second-order valence-corrected chi connectivity index (χ2v) is 15.7. The van der Waals surface area contributed by atoms with E-state index in [2.05, 4.69) is 25.1 Å². The maximum absolute atomic E-state index is 15.2. The number of halogens is 3. The molecule has 14 heteroatoms. The number of amides is 1. The van der Waals surface area contributed by atoms with E-state index in [4.69, 9.17) is 26.3 Å². The van der Waals surface area contributed by atoms with Gasteiger partial charge in [0, 0.05) is 61.3 Å². The quantitative estimate of drug-likeness (QED) is 0.213. The van der Waals surface area contributed by atoms with E-state index in [-0.39, 0.29) is 40.8 Å². The second kappa shape index (κ2) is 14.2. The first-order valence-corrected chi connectivity index (χ1v) is 19.3. The summed E-state index contributed by atoms with van der Waals surface area (Å²) in [6.07, 6.45) is 4.20. The molecule has 0 spiro atoms. The van der Waals surface area contributed by atoms with Gasteiger partial charge in [0.1, 0.15) is 30.2 Å². The van der Waals surface area contributed by atoms with Crippen LogP contribution in [0.5, 0.6) is 11.8 Å². The highest BCUT2D eigenvalue weighted by Gasteiger charge is 2.49. The Morgan fingerprint density at radius 2 is 1.94 bits per heavy atom. The molecule has 4 aliphatic rings. The van der Waals surface area contributed by atoms with Crippen molar-refractivity contribution in [3.8, 4) is 11.8 Å². The van der Waals surface area contributed by atoms with Gasteiger partial charge in [-0.2, -0.15) is 15.1 Å². The van der Waals surface area contributed by atoms with Crippen LogP contribution in [-0.4, -0.2) is 86.2 Å². The van der Waals surface area contributed by atoms with Crippen molar-refractivity contribution in [2.24, 2.45) is 0 Å². The van der Waals surface area contributed by atoms with Crippen LogP contribution in [-0.2, 0) is 32.5 Å². The van der Waals surface area contributed by atoms with Gasteiger partial charge in [-0.15, -0.1) is 0 Å². The number of aromatic hydroxyl groups is 1. The number of hydrogen-bond acceptors (Lipinski definition) is 9. The average molecular weight is 749 g/mol. The minimum Gasteiger partial charge on any atom is -0.508 e. The Bertz CT molecular complexity index is 2060. The molecule has 4 aliphatic heterocycles. The third-order valence-corrected chi connectivity index (χ3v) is 11.8. The van der Waals surface area contributed by atoms with Crippen molar-refractivity contribution in [3.63, 3.8) is 0 Å². The van der Waals surface area contributed by atoms with Crippen molar-refractivity contribution < 1.29 is 23.4 Å². The van der Waals surface area contributed by atoms with Crippen molar-refractivity contribution >= 4 is 39.8 Å². The highest BCUT2D eigenvalue weighted by Crippen LogP contribution is 2.42. The van der Waals surface area contributed by atoms with Gasteiger partial charge in [-0.25, -0.2) is 8.78 Å². The summed E-state index contributed by atoms with van der Waals surface area (Å²) in [7, 11) is 0. The fraction of sp³-hybridized carbons (Fsp3) is 0.538. The molecule has 0 unspecified atom stereocenters. The Morgan fingerprint density at radius 3 is 2.75 bits per heavy atom. The van der Waals surface area contributed by atoms with Gasteiger partial charge in [-0.1, -0.05) is 24.6 Å². The Kier molecular flexibility index (Phi) is 9.59. The number of aromatic nitrogens is 4. The molecule has 2 fully saturated rings. The van der Waals surface area contributed by atoms with Crippen LogP contribution < -0.4 is 19.9 Å². The van der Waals surface area contributed by atoms with Crippen LogP contribution in [0.4, 0.5) is 20.3 Å². The van der Waals surface area contributed by atoms with Crippen LogP contribution in [0.25, 0.3) is 10.8 Å². The monoisotopic (exact) mass is 748 g/mol. The number of ether oxygens (including phenoxy) is 1. The summed E-state index contributed by atoms with van der Waals surface area (Å²) in [5.41, 5.74) is 3.69. The van der Waals surface area contributed by atoms with E-state index in [0.717, 1.165) is 71.5 Å². The lowest BCUT2D eigenvalue weighted by Gasteiger charge is -2.35. The molecule has 2 saturated heterocycles. The molecule has 6 heterocycles. The number of alkyl halides is 1. The standard InChI is InChI=1S/C39H47ClF2N8O3/c1-4-27-29(42)9-8-24-16-26(51)17-31(33(24)27)47-15-10-28-30(20-47)44-38(53-22-39-11-7-13-49(39)19-25(41)18-39)45-36(28)48-12-5-6-14-50-32(21-48)34(40)35(46-50)37(52)43-23(2)3/h8-9,16-17,23,25,51H,4-7,10-15,18-22H2,1-3H3,(H,43,52)/t25-,39+/m1/s1.